The third kappa shape index (κ3) is 5.99. The van der Waals surface area contributed by atoms with Gasteiger partial charge in [0.1, 0.15) is 0 Å². The summed E-state index contributed by atoms with van der Waals surface area (Å²) in [6.45, 7) is 2.31. The van der Waals surface area contributed by atoms with Crippen LogP contribution in [0.1, 0.15) is 35.2 Å². The molecule has 0 radical (unpaired) electrons. The summed E-state index contributed by atoms with van der Waals surface area (Å²) in [6, 6.07) is 12.0. The largest absolute Gasteiger partial charge is 0.340 e. The Morgan fingerprint density at radius 2 is 1.67 bits per heavy atom. The van der Waals surface area contributed by atoms with E-state index in [9.17, 15) is 14.4 Å². The maximum absolute atomic E-state index is 13.2. The Morgan fingerprint density at radius 3 is 2.27 bits per heavy atom. The lowest BCUT2D eigenvalue weighted by Crippen LogP contribution is -2.53. The highest BCUT2D eigenvalue weighted by Gasteiger charge is 2.37. The van der Waals surface area contributed by atoms with Crippen LogP contribution in [-0.4, -0.2) is 72.2 Å². The molecular weight excluding hydrogens is 485 g/mol. The van der Waals surface area contributed by atoms with Gasteiger partial charge in [-0.25, -0.2) is 0 Å². The normalized spacial score (nSPS) is 18.1. The first kappa shape index (κ1) is 25.3. The second-order valence-corrected chi connectivity index (χ2v) is 9.52. The zero-order valence-corrected chi connectivity index (χ0v) is 21.0. The molecule has 9 heteroatoms. The minimum atomic E-state index is -0.179. The zero-order valence-electron chi connectivity index (χ0n) is 18.7. The molecule has 0 unspecified atom stereocenters. The molecule has 0 aliphatic carbocycles. The summed E-state index contributed by atoms with van der Waals surface area (Å²) in [5.41, 5.74) is 1.43. The third-order valence-electron chi connectivity index (χ3n) is 6.12. The number of carbonyl (C=O) groups excluding carboxylic acids is 3. The van der Waals surface area contributed by atoms with Gasteiger partial charge in [0.25, 0.3) is 5.91 Å². The van der Waals surface area contributed by atoms with Gasteiger partial charge >= 0.3 is 0 Å². The smallest absolute Gasteiger partial charge is 0.253 e. The molecule has 0 aromatic heterocycles. The fourth-order valence-corrected chi connectivity index (χ4v) is 4.49. The third-order valence-corrected chi connectivity index (χ3v) is 7.11. The lowest BCUT2D eigenvalue weighted by atomic mass is 9.84. The molecule has 1 heterocycles. The number of carbonyl (C=O) groups is 3. The van der Waals surface area contributed by atoms with Crippen molar-refractivity contribution in [1.82, 2.24) is 14.7 Å². The molecule has 1 saturated heterocycles. The molecule has 0 saturated carbocycles. The van der Waals surface area contributed by atoms with E-state index >= 15 is 0 Å². The molecule has 33 heavy (non-hydrogen) atoms. The minimum Gasteiger partial charge on any atom is -0.340 e. The Hall–Kier alpha value is -2.28. The highest BCUT2D eigenvalue weighted by atomic mass is 35.5. The van der Waals surface area contributed by atoms with Crippen LogP contribution in [0.5, 0.6) is 0 Å². The van der Waals surface area contributed by atoms with E-state index < -0.39 is 0 Å². The van der Waals surface area contributed by atoms with Crippen molar-refractivity contribution in [2.24, 2.45) is 0 Å². The summed E-state index contributed by atoms with van der Waals surface area (Å²) in [5, 5.41) is 1.42. The minimum absolute atomic E-state index is 0.00758. The van der Waals surface area contributed by atoms with Gasteiger partial charge in [-0.1, -0.05) is 40.9 Å². The first-order valence-electron chi connectivity index (χ1n) is 10.6. The van der Waals surface area contributed by atoms with Crippen molar-refractivity contribution < 1.29 is 14.4 Å². The van der Waals surface area contributed by atoms with Gasteiger partial charge in [-0.2, -0.15) is 0 Å². The van der Waals surface area contributed by atoms with E-state index in [-0.39, 0.29) is 36.2 Å². The summed E-state index contributed by atoms with van der Waals surface area (Å²) in [4.78, 5) is 42.5. The molecule has 2 aromatic carbocycles. The van der Waals surface area contributed by atoms with Gasteiger partial charge in [0.15, 0.2) is 0 Å². The van der Waals surface area contributed by atoms with Crippen LogP contribution >= 0.6 is 34.8 Å². The average molecular weight is 511 g/mol. The molecule has 1 aliphatic rings. The Kier molecular flexibility index (Phi) is 8.27. The predicted molar refractivity (Wildman–Crippen MR) is 131 cm³/mol. The summed E-state index contributed by atoms with van der Waals surface area (Å²) >= 11 is 18.4. The van der Waals surface area contributed by atoms with Crippen molar-refractivity contribution >= 4 is 52.5 Å². The first-order valence-corrected chi connectivity index (χ1v) is 11.7. The van der Waals surface area contributed by atoms with Crippen molar-refractivity contribution in [2.45, 2.75) is 25.3 Å². The Bertz CT molecular complexity index is 1040. The van der Waals surface area contributed by atoms with Crippen LogP contribution in [0.15, 0.2) is 42.5 Å². The number of hydrogen-bond donors (Lipinski definition) is 0. The van der Waals surface area contributed by atoms with E-state index in [2.05, 4.69) is 0 Å². The Balaban J connectivity index is 1.88. The molecule has 1 fully saturated rings. The van der Waals surface area contributed by atoms with Crippen LogP contribution in [-0.2, 0) is 9.59 Å². The van der Waals surface area contributed by atoms with Crippen molar-refractivity contribution in [3.63, 3.8) is 0 Å². The van der Waals surface area contributed by atoms with Crippen LogP contribution in [0.25, 0.3) is 0 Å². The molecule has 0 N–H and O–H groups in total. The second-order valence-electron chi connectivity index (χ2n) is 8.27. The van der Waals surface area contributed by atoms with Crippen molar-refractivity contribution in [3.8, 4) is 0 Å². The quantitative estimate of drug-likeness (QED) is 0.591. The topological polar surface area (TPSA) is 60.9 Å². The van der Waals surface area contributed by atoms with Crippen molar-refractivity contribution in [3.05, 3.63) is 68.7 Å². The van der Waals surface area contributed by atoms with Crippen LogP contribution in [0.2, 0.25) is 15.1 Å². The van der Waals surface area contributed by atoms with Gasteiger partial charge in [-0.05, 0) is 48.4 Å². The molecule has 3 amide bonds. The van der Waals surface area contributed by atoms with E-state index in [1.54, 1.807) is 60.3 Å². The highest BCUT2D eigenvalue weighted by molar-refractivity contribution is 6.42. The predicted octanol–water partition coefficient (Wildman–Crippen LogP) is 4.58. The zero-order chi connectivity index (χ0) is 24.3. The van der Waals surface area contributed by atoms with Crippen molar-refractivity contribution in [2.75, 3.05) is 33.7 Å². The number of rotatable bonds is 5. The summed E-state index contributed by atoms with van der Waals surface area (Å²) < 4.78 is 0. The van der Waals surface area contributed by atoms with Crippen LogP contribution in [0.3, 0.4) is 0 Å². The van der Waals surface area contributed by atoms with E-state index in [0.29, 0.717) is 40.1 Å². The van der Waals surface area contributed by atoms with Crippen LogP contribution in [0, 0.1) is 0 Å². The summed E-state index contributed by atoms with van der Waals surface area (Å²) in [5.74, 6) is -0.616. The number of likely N-dealkylation sites (N-methyl/N-ethyl adjacent to an activating group) is 2. The molecule has 0 bridgehead atoms. The molecular formula is C24H26Cl3N3O3. The maximum Gasteiger partial charge on any atom is 0.253 e. The van der Waals surface area contributed by atoms with Crippen LogP contribution < -0.4 is 0 Å². The maximum atomic E-state index is 13.2. The van der Waals surface area contributed by atoms with Crippen LogP contribution in [0.4, 0.5) is 0 Å². The molecule has 6 nitrogen and oxygen atoms in total. The van der Waals surface area contributed by atoms with E-state index in [1.165, 1.54) is 11.8 Å². The van der Waals surface area contributed by atoms with Gasteiger partial charge in [0.05, 0.1) is 16.6 Å². The van der Waals surface area contributed by atoms with E-state index in [0.717, 1.165) is 5.56 Å². The van der Waals surface area contributed by atoms with Crippen molar-refractivity contribution in [1.29, 1.82) is 0 Å². The fraction of sp³-hybridized carbons (Fsp3) is 0.375. The number of amides is 3. The highest BCUT2D eigenvalue weighted by Crippen LogP contribution is 2.34. The molecule has 0 spiro atoms. The molecule has 2 atom stereocenters. The van der Waals surface area contributed by atoms with Gasteiger partial charge < -0.3 is 14.7 Å². The van der Waals surface area contributed by atoms with E-state index in [1.807, 2.05) is 6.07 Å². The summed E-state index contributed by atoms with van der Waals surface area (Å²) in [6.07, 6.45) is 0.580. The Labute approximate surface area is 209 Å². The number of piperidine rings is 1. The molecule has 1 aliphatic heterocycles. The van der Waals surface area contributed by atoms with Gasteiger partial charge in [0.2, 0.25) is 11.8 Å². The lowest BCUT2D eigenvalue weighted by molar-refractivity contribution is -0.139. The molecule has 2 aromatic rings. The number of likely N-dealkylation sites (tertiary alicyclic amines) is 1. The second kappa shape index (κ2) is 10.8. The van der Waals surface area contributed by atoms with Gasteiger partial charge in [0, 0.05) is 56.7 Å². The van der Waals surface area contributed by atoms with Gasteiger partial charge in [-0.15, -0.1) is 0 Å². The number of hydrogen-bond acceptors (Lipinski definition) is 3. The fourth-order valence-electron chi connectivity index (χ4n) is 4.06. The monoisotopic (exact) mass is 509 g/mol. The number of halogens is 3. The summed E-state index contributed by atoms with van der Waals surface area (Å²) in [7, 11) is 3.37. The van der Waals surface area contributed by atoms with Gasteiger partial charge in [-0.3, -0.25) is 14.4 Å². The lowest BCUT2D eigenvalue weighted by Gasteiger charge is -2.43. The molecule has 176 valence electrons. The van der Waals surface area contributed by atoms with E-state index in [4.69, 9.17) is 34.8 Å². The average Bonchev–Trinajstić information content (AvgIpc) is 2.79. The number of nitrogens with zero attached hydrogens (tertiary/aromatic N) is 3. The molecule has 3 rings (SSSR count). The standard InChI is InChI=1S/C24H26Cl3N3O3/c1-15(31)28(2)14-23(32)30-11-10-22(19(13-30)17-6-9-20(26)21(27)12-17)29(3)24(33)16-4-7-18(25)8-5-16/h4-9,12,19,22H,10-11,13-14H2,1-3H3/t19-,22+/m0/s1. The Morgan fingerprint density at radius 1 is 1.00 bits per heavy atom. The first-order chi connectivity index (χ1) is 15.6. The number of benzene rings is 2. The SMILES string of the molecule is CC(=O)N(C)CC(=O)N1CC[C@@H](N(C)C(=O)c2ccc(Cl)cc2)[C@H](c2ccc(Cl)c(Cl)c2)C1.